The van der Waals surface area contributed by atoms with Gasteiger partial charge in [0.1, 0.15) is 11.2 Å². The minimum absolute atomic E-state index is 0.907. The quantitative estimate of drug-likeness (QED) is 0.175. The van der Waals surface area contributed by atoms with Crippen LogP contribution in [0.2, 0.25) is 0 Å². The van der Waals surface area contributed by atoms with Gasteiger partial charge in [0.15, 0.2) is 0 Å². The van der Waals surface area contributed by atoms with Crippen LogP contribution in [0.5, 0.6) is 0 Å². The van der Waals surface area contributed by atoms with E-state index in [0.29, 0.717) is 0 Å². The molecule has 13 rings (SSSR count). The molecule has 1 aliphatic carbocycles. The van der Waals surface area contributed by atoms with Gasteiger partial charge in [-0.3, -0.25) is 0 Å². The predicted octanol–water partition coefficient (Wildman–Crippen LogP) is 15.8. The summed E-state index contributed by atoms with van der Waals surface area (Å²) < 4.78 is 8.97. The minimum atomic E-state index is 0.907. The zero-order chi connectivity index (χ0) is 38.6. The largest absolute Gasteiger partial charge is 0.455 e. The van der Waals surface area contributed by atoms with Crippen molar-refractivity contribution in [3.63, 3.8) is 0 Å². The van der Waals surface area contributed by atoms with Gasteiger partial charge in [-0.2, -0.15) is 0 Å². The Kier molecular flexibility index (Phi) is 6.72. The van der Waals surface area contributed by atoms with Gasteiger partial charge in [0.05, 0.1) is 11.0 Å². The summed E-state index contributed by atoms with van der Waals surface area (Å²) in [5.41, 5.74) is 16.1. The maximum Gasteiger partial charge on any atom is 0.143 e. The molecule has 0 amide bonds. The highest BCUT2D eigenvalue weighted by molar-refractivity contribution is 6.31. The van der Waals surface area contributed by atoms with E-state index in [2.05, 4.69) is 210 Å². The van der Waals surface area contributed by atoms with Crippen LogP contribution in [0.1, 0.15) is 0 Å². The molecule has 2 aromatic heterocycles. The van der Waals surface area contributed by atoms with E-state index in [9.17, 15) is 0 Å². The summed E-state index contributed by atoms with van der Waals surface area (Å²) in [5.74, 6) is 0. The summed E-state index contributed by atoms with van der Waals surface area (Å²) in [6, 6.07) is 75.0. The van der Waals surface area contributed by atoms with Gasteiger partial charge in [-0.1, -0.05) is 127 Å². The van der Waals surface area contributed by atoms with Crippen molar-refractivity contribution < 1.29 is 4.42 Å². The molecule has 0 fully saturated rings. The van der Waals surface area contributed by atoms with Crippen molar-refractivity contribution in [3.05, 3.63) is 206 Å². The number of fused-ring (bicyclic) bond motifs is 8. The molecule has 3 nitrogen and oxygen atoms in total. The molecule has 2 heterocycles. The molecule has 10 aromatic carbocycles. The van der Waals surface area contributed by atoms with E-state index in [1.54, 1.807) is 0 Å². The highest BCUT2D eigenvalue weighted by atomic mass is 16.3. The number of hydrogen-bond acceptors (Lipinski definition) is 2. The monoisotopic (exact) mass is 750 g/mol. The second-order valence-electron chi connectivity index (χ2n) is 15.7. The van der Waals surface area contributed by atoms with Gasteiger partial charge < -0.3 is 13.9 Å². The molecular formula is C56H34N2O. The average molecular weight is 751 g/mol. The molecule has 0 bridgehead atoms. The van der Waals surface area contributed by atoms with Gasteiger partial charge in [0, 0.05) is 49.7 Å². The lowest BCUT2D eigenvalue weighted by atomic mass is 9.92. The summed E-state index contributed by atoms with van der Waals surface area (Å²) in [4.78, 5) is 2.34. The van der Waals surface area contributed by atoms with E-state index in [0.717, 1.165) is 61.0 Å². The SMILES string of the molecule is c1ccc(N(c2ccc(-c3cc4c5c6c7c(cccc7ccc6n(-c6ccccc6)c5c3)-c3ccccc3-4)cc2)c2ccc3ccc4c5ccccc5oc4c3c2)cc1. The molecule has 1 aliphatic rings. The van der Waals surface area contributed by atoms with Gasteiger partial charge in [0.2, 0.25) is 0 Å². The Labute approximate surface area is 340 Å². The van der Waals surface area contributed by atoms with Gasteiger partial charge >= 0.3 is 0 Å². The Bertz CT molecular complexity index is 3650. The van der Waals surface area contributed by atoms with Crippen LogP contribution in [0.4, 0.5) is 17.1 Å². The van der Waals surface area contributed by atoms with Crippen LogP contribution in [0, 0.1) is 0 Å². The third-order valence-corrected chi connectivity index (χ3v) is 12.5. The number of furan rings is 1. The molecule has 0 atom stereocenters. The fourth-order valence-corrected chi connectivity index (χ4v) is 9.87. The van der Waals surface area contributed by atoms with Gasteiger partial charge in [-0.15, -0.1) is 0 Å². The van der Waals surface area contributed by atoms with Crippen molar-refractivity contribution in [1.29, 1.82) is 0 Å². The third-order valence-electron chi connectivity index (χ3n) is 12.5. The van der Waals surface area contributed by atoms with E-state index in [-0.39, 0.29) is 0 Å². The first-order valence-electron chi connectivity index (χ1n) is 20.3. The van der Waals surface area contributed by atoms with Crippen LogP contribution in [0.3, 0.4) is 0 Å². The van der Waals surface area contributed by atoms with Crippen molar-refractivity contribution in [2.45, 2.75) is 0 Å². The lowest BCUT2D eigenvalue weighted by molar-refractivity contribution is 0.672. The van der Waals surface area contributed by atoms with Gasteiger partial charge in [-0.05, 0) is 128 Å². The summed E-state index contributed by atoms with van der Waals surface area (Å²) >= 11 is 0. The molecule has 12 aromatic rings. The van der Waals surface area contributed by atoms with Crippen LogP contribution in [-0.4, -0.2) is 4.57 Å². The van der Waals surface area contributed by atoms with Crippen LogP contribution in [-0.2, 0) is 0 Å². The number of benzene rings is 10. The normalized spacial score (nSPS) is 12.1. The van der Waals surface area contributed by atoms with Crippen molar-refractivity contribution in [2.24, 2.45) is 0 Å². The lowest BCUT2D eigenvalue weighted by Crippen LogP contribution is -2.09. The molecular weight excluding hydrogens is 717 g/mol. The molecule has 0 spiro atoms. The summed E-state index contributed by atoms with van der Waals surface area (Å²) in [7, 11) is 0. The molecule has 0 saturated carbocycles. The molecule has 59 heavy (non-hydrogen) atoms. The Morgan fingerprint density at radius 2 is 1.03 bits per heavy atom. The molecule has 0 unspecified atom stereocenters. The third kappa shape index (κ3) is 4.70. The number of nitrogens with zero attached hydrogens (tertiary/aromatic N) is 2. The highest BCUT2D eigenvalue weighted by Crippen LogP contribution is 2.51. The number of para-hydroxylation sites is 3. The van der Waals surface area contributed by atoms with Crippen molar-refractivity contribution in [3.8, 4) is 39.1 Å². The zero-order valence-corrected chi connectivity index (χ0v) is 31.9. The fourth-order valence-electron chi connectivity index (χ4n) is 9.87. The van der Waals surface area contributed by atoms with E-state index in [1.165, 1.54) is 60.4 Å². The summed E-state index contributed by atoms with van der Waals surface area (Å²) in [6.07, 6.45) is 0. The molecule has 0 N–H and O–H groups in total. The van der Waals surface area contributed by atoms with Crippen LogP contribution >= 0.6 is 0 Å². The van der Waals surface area contributed by atoms with E-state index < -0.39 is 0 Å². The van der Waals surface area contributed by atoms with Crippen LogP contribution < -0.4 is 4.90 Å². The van der Waals surface area contributed by atoms with Crippen LogP contribution in [0.15, 0.2) is 211 Å². The molecule has 0 radical (unpaired) electrons. The first-order valence-corrected chi connectivity index (χ1v) is 20.3. The number of aromatic nitrogens is 1. The molecule has 0 aliphatic heterocycles. The minimum Gasteiger partial charge on any atom is -0.455 e. The highest BCUT2D eigenvalue weighted by Gasteiger charge is 2.26. The van der Waals surface area contributed by atoms with Crippen molar-refractivity contribution >= 4 is 82.4 Å². The topological polar surface area (TPSA) is 21.3 Å². The van der Waals surface area contributed by atoms with E-state index >= 15 is 0 Å². The number of rotatable bonds is 5. The molecule has 3 heteroatoms. The molecule has 274 valence electrons. The second kappa shape index (κ2) is 12.3. The van der Waals surface area contributed by atoms with E-state index in [1.807, 2.05) is 6.07 Å². The number of hydrogen-bond donors (Lipinski definition) is 0. The number of anilines is 3. The maximum atomic E-state index is 6.51. The Morgan fingerprint density at radius 3 is 1.88 bits per heavy atom. The Hall–Kier alpha value is -7.88. The maximum absolute atomic E-state index is 6.51. The summed E-state index contributed by atoms with van der Waals surface area (Å²) in [6.45, 7) is 0. The lowest BCUT2D eigenvalue weighted by Gasteiger charge is -2.26. The van der Waals surface area contributed by atoms with Crippen LogP contribution in [0.25, 0.3) is 104 Å². The van der Waals surface area contributed by atoms with Crippen molar-refractivity contribution in [1.82, 2.24) is 4.57 Å². The zero-order valence-electron chi connectivity index (χ0n) is 31.9. The second-order valence-corrected chi connectivity index (χ2v) is 15.7. The Morgan fingerprint density at radius 1 is 0.356 bits per heavy atom. The van der Waals surface area contributed by atoms with E-state index in [4.69, 9.17) is 4.42 Å². The van der Waals surface area contributed by atoms with Crippen molar-refractivity contribution in [2.75, 3.05) is 4.90 Å². The standard InChI is InChI=1S/C56H34N2O/c1-3-13-39(14-4-1)57(42-29-24-36-25-30-47-45-19-9-10-21-52(45)59-56(47)48(36)34-42)41-27-22-35(23-28-41)38-32-49-44-18-8-7-17-43(44)46-20-11-12-37-26-31-50-55(53(37)46)54(49)51(33-38)58(50)40-15-5-2-6-16-40/h1-34H. The first-order chi connectivity index (χ1) is 29.3. The first kappa shape index (κ1) is 32.2. The fraction of sp³-hybridized carbons (Fsp3) is 0. The average Bonchev–Trinajstić information content (AvgIpc) is 3.82. The Balaban J connectivity index is 1.01. The van der Waals surface area contributed by atoms with Gasteiger partial charge in [0.25, 0.3) is 0 Å². The smallest absolute Gasteiger partial charge is 0.143 e. The summed E-state index contributed by atoms with van der Waals surface area (Å²) in [5, 5.41) is 9.73. The predicted molar refractivity (Wildman–Crippen MR) is 248 cm³/mol. The van der Waals surface area contributed by atoms with Gasteiger partial charge in [-0.25, -0.2) is 0 Å². The molecule has 0 saturated heterocycles.